The Morgan fingerprint density at radius 2 is 2.29 bits per heavy atom. The second kappa shape index (κ2) is 6.24. The average molecular weight is 254 g/mol. The number of nitrogens with two attached hydrogens (primary N) is 1. The molecular formula is C11H14N2O3S. The summed E-state index contributed by atoms with van der Waals surface area (Å²) in [5, 5.41) is 0.506. The predicted octanol–water partition coefficient (Wildman–Crippen LogP) is 1.22. The van der Waals surface area contributed by atoms with Gasteiger partial charge in [0.15, 0.2) is 0 Å². The topological polar surface area (TPSA) is 82.3 Å². The van der Waals surface area contributed by atoms with Crippen LogP contribution in [-0.2, 0) is 9.53 Å². The van der Waals surface area contributed by atoms with Crippen molar-refractivity contribution in [2.45, 2.75) is 23.6 Å². The lowest BCUT2D eigenvalue weighted by Crippen LogP contribution is -2.14. The Hall–Kier alpha value is -1.56. The number of nitrogens with zero attached hydrogens (tertiary/aromatic N) is 1. The number of esters is 1. The number of carbonyl (C=O) groups is 2. The van der Waals surface area contributed by atoms with Crippen molar-refractivity contribution >= 4 is 23.6 Å². The van der Waals surface area contributed by atoms with Crippen LogP contribution in [0.4, 0.5) is 0 Å². The normalized spacial score (nSPS) is 11.9. The zero-order chi connectivity index (χ0) is 12.8. The van der Waals surface area contributed by atoms with Gasteiger partial charge in [-0.25, -0.2) is 4.98 Å². The molecule has 0 aromatic carbocycles. The first-order valence-corrected chi connectivity index (χ1v) is 5.91. The first kappa shape index (κ1) is 13.5. The van der Waals surface area contributed by atoms with E-state index in [1.807, 2.05) is 6.92 Å². The SMILES string of the molecule is COC(=O)CC(C)Sc1ncccc1C(N)=O. The molecule has 0 spiro atoms. The third-order valence-electron chi connectivity index (χ3n) is 2.03. The molecule has 17 heavy (non-hydrogen) atoms. The smallest absolute Gasteiger partial charge is 0.306 e. The van der Waals surface area contributed by atoms with E-state index in [0.29, 0.717) is 10.6 Å². The summed E-state index contributed by atoms with van der Waals surface area (Å²) in [6, 6.07) is 3.26. The number of hydrogen-bond acceptors (Lipinski definition) is 5. The van der Waals surface area contributed by atoms with Gasteiger partial charge in [0.25, 0.3) is 5.91 Å². The van der Waals surface area contributed by atoms with Crippen LogP contribution >= 0.6 is 11.8 Å². The molecule has 1 amide bonds. The lowest BCUT2D eigenvalue weighted by atomic mass is 10.3. The Kier molecular flexibility index (Phi) is 4.96. The molecule has 5 nitrogen and oxygen atoms in total. The van der Waals surface area contributed by atoms with Crippen LogP contribution in [0, 0.1) is 0 Å². The third kappa shape index (κ3) is 4.07. The van der Waals surface area contributed by atoms with Crippen LogP contribution in [0.2, 0.25) is 0 Å². The molecule has 92 valence electrons. The Morgan fingerprint density at radius 1 is 1.59 bits per heavy atom. The first-order valence-electron chi connectivity index (χ1n) is 5.03. The van der Waals surface area contributed by atoms with Crippen LogP contribution in [0.15, 0.2) is 23.4 Å². The second-order valence-electron chi connectivity index (χ2n) is 3.43. The van der Waals surface area contributed by atoms with E-state index in [-0.39, 0.29) is 17.6 Å². The summed E-state index contributed by atoms with van der Waals surface area (Å²) in [6.07, 6.45) is 1.84. The van der Waals surface area contributed by atoms with Crippen molar-refractivity contribution in [3.8, 4) is 0 Å². The van der Waals surface area contributed by atoms with E-state index < -0.39 is 5.91 Å². The van der Waals surface area contributed by atoms with Gasteiger partial charge in [-0.3, -0.25) is 9.59 Å². The molecule has 1 rings (SSSR count). The molecule has 0 radical (unpaired) electrons. The molecule has 1 heterocycles. The monoisotopic (exact) mass is 254 g/mol. The number of primary amides is 1. The van der Waals surface area contributed by atoms with E-state index in [1.54, 1.807) is 18.3 Å². The minimum absolute atomic E-state index is 0.0320. The standard InChI is InChI=1S/C11H14N2O3S/c1-7(6-9(14)16-2)17-11-8(10(12)15)4-3-5-13-11/h3-5,7H,6H2,1-2H3,(H2,12,15). The van der Waals surface area contributed by atoms with Gasteiger partial charge >= 0.3 is 5.97 Å². The van der Waals surface area contributed by atoms with Crippen LogP contribution in [0.1, 0.15) is 23.7 Å². The number of thioether (sulfide) groups is 1. The lowest BCUT2D eigenvalue weighted by molar-refractivity contribution is -0.140. The van der Waals surface area contributed by atoms with E-state index in [0.717, 1.165) is 0 Å². The molecule has 1 unspecified atom stereocenters. The molecule has 0 fully saturated rings. The highest BCUT2D eigenvalue weighted by atomic mass is 32.2. The molecule has 0 saturated carbocycles. The predicted molar refractivity (Wildman–Crippen MR) is 64.7 cm³/mol. The van der Waals surface area contributed by atoms with E-state index in [4.69, 9.17) is 5.73 Å². The van der Waals surface area contributed by atoms with Gasteiger partial charge in [0.1, 0.15) is 5.03 Å². The number of methoxy groups -OCH3 is 1. The zero-order valence-electron chi connectivity index (χ0n) is 9.67. The maximum absolute atomic E-state index is 11.2. The van der Waals surface area contributed by atoms with Gasteiger partial charge in [-0.15, -0.1) is 11.8 Å². The van der Waals surface area contributed by atoms with E-state index in [2.05, 4.69) is 9.72 Å². The lowest BCUT2D eigenvalue weighted by Gasteiger charge is -2.10. The number of amides is 1. The fourth-order valence-electron chi connectivity index (χ4n) is 1.22. The van der Waals surface area contributed by atoms with Gasteiger partial charge in [0, 0.05) is 11.4 Å². The quantitative estimate of drug-likeness (QED) is 0.631. The summed E-state index contributed by atoms with van der Waals surface area (Å²) in [4.78, 5) is 26.3. The van der Waals surface area contributed by atoms with Gasteiger partial charge in [0.2, 0.25) is 0 Å². The number of pyridine rings is 1. The summed E-state index contributed by atoms with van der Waals surface area (Å²) in [5.74, 6) is -0.813. The van der Waals surface area contributed by atoms with Crippen molar-refractivity contribution in [1.82, 2.24) is 4.98 Å². The maximum Gasteiger partial charge on any atom is 0.306 e. The van der Waals surface area contributed by atoms with Gasteiger partial charge in [-0.1, -0.05) is 6.92 Å². The van der Waals surface area contributed by atoms with E-state index in [9.17, 15) is 9.59 Å². The van der Waals surface area contributed by atoms with Crippen LogP contribution in [0.25, 0.3) is 0 Å². The Labute approximate surface area is 104 Å². The number of rotatable bonds is 5. The van der Waals surface area contributed by atoms with Crippen molar-refractivity contribution in [3.05, 3.63) is 23.9 Å². The number of carbonyl (C=O) groups excluding carboxylic acids is 2. The third-order valence-corrected chi connectivity index (χ3v) is 3.15. The molecule has 1 aromatic rings. The summed E-state index contributed by atoms with van der Waals surface area (Å²) in [6.45, 7) is 1.86. The number of aromatic nitrogens is 1. The highest BCUT2D eigenvalue weighted by molar-refractivity contribution is 7.99. The average Bonchev–Trinajstić information content (AvgIpc) is 2.29. The molecular weight excluding hydrogens is 240 g/mol. The minimum Gasteiger partial charge on any atom is -0.469 e. The van der Waals surface area contributed by atoms with Gasteiger partial charge in [-0.2, -0.15) is 0 Å². The Balaban J connectivity index is 2.74. The summed E-state index contributed by atoms with van der Waals surface area (Å²) in [5.41, 5.74) is 5.60. The fourth-order valence-corrected chi connectivity index (χ4v) is 2.24. The van der Waals surface area contributed by atoms with E-state index >= 15 is 0 Å². The van der Waals surface area contributed by atoms with Gasteiger partial charge in [-0.05, 0) is 12.1 Å². The Bertz CT molecular complexity index is 423. The molecule has 0 aliphatic rings. The largest absolute Gasteiger partial charge is 0.469 e. The first-order chi connectivity index (χ1) is 8.04. The molecule has 0 aliphatic carbocycles. The summed E-state index contributed by atoms with van der Waals surface area (Å²) >= 11 is 1.33. The van der Waals surface area contributed by atoms with Gasteiger partial charge < -0.3 is 10.5 Å². The second-order valence-corrected chi connectivity index (χ2v) is 4.86. The Morgan fingerprint density at radius 3 is 2.88 bits per heavy atom. The number of ether oxygens (including phenoxy) is 1. The van der Waals surface area contributed by atoms with Crippen molar-refractivity contribution in [2.24, 2.45) is 5.73 Å². The maximum atomic E-state index is 11.2. The van der Waals surface area contributed by atoms with E-state index in [1.165, 1.54) is 18.9 Å². The summed E-state index contributed by atoms with van der Waals surface area (Å²) < 4.78 is 4.57. The zero-order valence-corrected chi connectivity index (χ0v) is 10.5. The molecule has 0 bridgehead atoms. The van der Waals surface area contributed by atoms with Crippen molar-refractivity contribution in [2.75, 3.05) is 7.11 Å². The van der Waals surface area contributed by atoms with Crippen LogP contribution in [0.5, 0.6) is 0 Å². The highest BCUT2D eigenvalue weighted by Crippen LogP contribution is 2.26. The number of hydrogen-bond donors (Lipinski definition) is 1. The molecule has 1 aromatic heterocycles. The molecule has 1 atom stereocenters. The van der Waals surface area contributed by atoms with Crippen molar-refractivity contribution in [1.29, 1.82) is 0 Å². The molecule has 0 saturated heterocycles. The minimum atomic E-state index is -0.522. The van der Waals surface area contributed by atoms with Crippen LogP contribution in [-0.4, -0.2) is 29.2 Å². The summed E-state index contributed by atoms with van der Waals surface area (Å²) in [7, 11) is 1.34. The van der Waals surface area contributed by atoms with Crippen molar-refractivity contribution in [3.63, 3.8) is 0 Å². The molecule has 2 N–H and O–H groups in total. The molecule has 0 aliphatic heterocycles. The van der Waals surface area contributed by atoms with Crippen LogP contribution in [0.3, 0.4) is 0 Å². The van der Waals surface area contributed by atoms with Crippen LogP contribution < -0.4 is 5.73 Å². The highest BCUT2D eigenvalue weighted by Gasteiger charge is 2.15. The molecule has 6 heteroatoms. The van der Waals surface area contributed by atoms with Gasteiger partial charge in [0.05, 0.1) is 19.1 Å². The van der Waals surface area contributed by atoms with Crippen molar-refractivity contribution < 1.29 is 14.3 Å². The fraction of sp³-hybridized carbons (Fsp3) is 0.364.